The number of hydrogen-bond acceptors (Lipinski definition) is 5. The number of ether oxygens (including phenoxy) is 1. The summed E-state index contributed by atoms with van der Waals surface area (Å²) in [6.45, 7) is 2.48. The number of nitrogens with zero attached hydrogens (tertiary/aromatic N) is 2. The number of nitriles is 1. The van der Waals surface area contributed by atoms with E-state index in [2.05, 4.69) is 16.4 Å². The van der Waals surface area contributed by atoms with Crippen LogP contribution in [0.3, 0.4) is 0 Å². The number of hydrogen-bond donors (Lipinski definition) is 1. The third kappa shape index (κ3) is 3.93. The predicted octanol–water partition coefficient (Wildman–Crippen LogP) is 4.85. The van der Waals surface area contributed by atoms with E-state index in [1.54, 1.807) is 25.3 Å². The van der Waals surface area contributed by atoms with Gasteiger partial charge in [-0.2, -0.15) is 5.26 Å². The number of halogens is 1. The first-order valence-corrected chi connectivity index (χ1v) is 8.30. The van der Waals surface area contributed by atoms with Gasteiger partial charge in [-0.05, 0) is 49.7 Å². The van der Waals surface area contributed by atoms with Gasteiger partial charge in [0.25, 0.3) is 0 Å². The van der Waals surface area contributed by atoms with Gasteiger partial charge in [-0.1, -0.05) is 11.6 Å². The molecular formula is C19H18ClN3O2. The van der Waals surface area contributed by atoms with Crippen molar-refractivity contribution in [3.8, 4) is 6.07 Å². The number of aromatic nitrogens is 1. The molecule has 0 unspecified atom stereocenters. The summed E-state index contributed by atoms with van der Waals surface area (Å²) in [6, 6.07) is 13.0. The first kappa shape index (κ1) is 17.3. The van der Waals surface area contributed by atoms with E-state index in [4.69, 9.17) is 20.8 Å². The number of aryl methyl sites for hydroxylation is 1. The number of furan rings is 1. The van der Waals surface area contributed by atoms with E-state index in [1.807, 2.05) is 25.1 Å². The molecule has 1 N–H and O–H groups in total. The lowest BCUT2D eigenvalue weighted by molar-refractivity contribution is 0.187. The highest BCUT2D eigenvalue weighted by molar-refractivity contribution is 6.31. The molecule has 3 aromatic rings. The molecule has 2 aromatic heterocycles. The van der Waals surface area contributed by atoms with Crippen LogP contribution < -0.4 is 5.32 Å². The monoisotopic (exact) mass is 355 g/mol. The molecule has 0 amide bonds. The Morgan fingerprint density at radius 1 is 1.32 bits per heavy atom. The van der Waals surface area contributed by atoms with Crippen molar-refractivity contribution < 1.29 is 9.15 Å². The number of pyridine rings is 1. The van der Waals surface area contributed by atoms with Gasteiger partial charge in [-0.15, -0.1) is 0 Å². The molecule has 1 atom stereocenters. The van der Waals surface area contributed by atoms with Crippen LogP contribution in [0.1, 0.15) is 29.5 Å². The van der Waals surface area contributed by atoms with E-state index in [0.717, 1.165) is 16.9 Å². The SMILES string of the molecule is COCC[C@H](Nc1cc(C#N)c2cc(Cl)ccc2n1)c1ccc(C)o1. The summed E-state index contributed by atoms with van der Waals surface area (Å²) in [5, 5.41) is 14.1. The minimum atomic E-state index is -0.0996. The lowest BCUT2D eigenvalue weighted by Gasteiger charge is -2.17. The van der Waals surface area contributed by atoms with Gasteiger partial charge < -0.3 is 14.5 Å². The zero-order chi connectivity index (χ0) is 17.8. The Morgan fingerprint density at radius 3 is 2.84 bits per heavy atom. The standard InChI is InChI=1S/C19H18ClN3O2/c1-12-3-6-18(25-12)17(7-8-24-2)23-19-9-13(11-21)15-10-14(20)4-5-16(15)22-19/h3-6,9-10,17H,7-8H2,1-2H3,(H,22,23)/t17-/m0/s1. The van der Waals surface area contributed by atoms with Crippen molar-refractivity contribution >= 4 is 28.3 Å². The van der Waals surface area contributed by atoms with Crippen molar-refractivity contribution in [2.24, 2.45) is 0 Å². The van der Waals surface area contributed by atoms with Gasteiger partial charge in [0, 0.05) is 24.1 Å². The van der Waals surface area contributed by atoms with Crippen molar-refractivity contribution in [2.45, 2.75) is 19.4 Å². The van der Waals surface area contributed by atoms with Crippen LogP contribution in [0.15, 0.2) is 40.8 Å². The van der Waals surface area contributed by atoms with Crippen LogP contribution in [-0.4, -0.2) is 18.7 Å². The Kier molecular flexibility index (Phi) is 5.22. The summed E-state index contributed by atoms with van der Waals surface area (Å²) in [6.07, 6.45) is 0.714. The molecule has 0 bridgehead atoms. The molecular weight excluding hydrogens is 338 g/mol. The highest BCUT2D eigenvalue weighted by atomic mass is 35.5. The molecule has 0 saturated carbocycles. The van der Waals surface area contributed by atoms with Gasteiger partial charge in [0.1, 0.15) is 17.3 Å². The second kappa shape index (κ2) is 7.56. The highest BCUT2D eigenvalue weighted by Gasteiger charge is 2.17. The molecule has 1 aromatic carbocycles. The number of fused-ring (bicyclic) bond motifs is 1. The van der Waals surface area contributed by atoms with Gasteiger partial charge in [0.2, 0.25) is 0 Å². The molecule has 3 rings (SSSR count). The topological polar surface area (TPSA) is 71.1 Å². The third-order valence-corrected chi connectivity index (χ3v) is 4.16. The largest absolute Gasteiger partial charge is 0.464 e. The Morgan fingerprint density at radius 2 is 2.16 bits per heavy atom. The van der Waals surface area contributed by atoms with Gasteiger partial charge >= 0.3 is 0 Å². The van der Waals surface area contributed by atoms with E-state index >= 15 is 0 Å². The lowest BCUT2D eigenvalue weighted by Crippen LogP contribution is -2.13. The fourth-order valence-electron chi connectivity index (χ4n) is 2.70. The van der Waals surface area contributed by atoms with Crippen LogP contribution in [0.4, 0.5) is 5.82 Å². The van der Waals surface area contributed by atoms with Crippen LogP contribution in [0.25, 0.3) is 10.9 Å². The Labute approximate surface area is 151 Å². The third-order valence-electron chi connectivity index (χ3n) is 3.93. The molecule has 0 radical (unpaired) electrons. The molecule has 25 heavy (non-hydrogen) atoms. The molecule has 6 heteroatoms. The first-order chi connectivity index (χ1) is 12.1. The summed E-state index contributed by atoms with van der Waals surface area (Å²) in [5.74, 6) is 2.27. The molecule has 0 spiro atoms. The predicted molar refractivity (Wildman–Crippen MR) is 97.8 cm³/mol. The van der Waals surface area contributed by atoms with Crippen molar-refractivity contribution in [3.05, 3.63) is 58.5 Å². The Hall–Kier alpha value is -2.55. The van der Waals surface area contributed by atoms with E-state index in [1.165, 1.54) is 0 Å². The average molecular weight is 356 g/mol. The van der Waals surface area contributed by atoms with Gasteiger partial charge in [0.05, 0.1) is 23.2 Å². The summed E-state index contributed by atoms with van der Waals surface area (Å²) in [5.41, 5.74) is 1.24. The molecule has 0 aliphatic heterocycles. The Bertz CT molecular complexity index is 930. The molecule has 5 nitrogen and oxygen atoms in total. The molecule has 0 fully saturated rings. The van der Waals surface area contributed by atoms with Crippen molar-refractivity contribution in [1.82, 2.24) is 4.98 Å². The molecule has 2 heterocycles. The van der Waals surface area contributed by atoms with Gasteiger partial charge in [-0.3, -0.25) is 0 Å². The van der Waals surface area contributed by atoms with Crippen LogP contribution in [0.5, 0.6) is 0 Å². The molecule has 128 valence electrons. The second-order valence-electron chi connectivity index (χ2n) is 5.76. The maximum absolute atomic E-state index is 9.46. The summed E-state index contributed by atoms with van der Waals surface area (Å²) in [4.78, 5) is 4.60. The zero-order valence-electron chi connectivity index (χ0n) is 14.0. The minimum Gasteiger partial charge on any atom is -0.464 e. The smallest absolute Gasteiger partial charge is 0.128 e. The normalized spacial score (nSPS) is 12.1. The number of nitrogens with one attached hydrogen (secondary N) is 1. The van der Waals surface area contributed by atoms with Crippen molar-refractivity contribution in [3.63, 3.8) is 0 Å². The number of rotatable bonds is 6. The summed E-state index contributed by atoms with van der Waals surface area (Å²) < 4.78 is 10.9. The highest BCUT2D eigenvalue weighted by Crippen LogP contribution is 2.28. The van der Waals surface area contributed by atoms with Crippen LogP contribution in [-0.2, 0) is 4.74 Å². The molecule has 0 aliphatic carbocycles. The minimum absolute atomic E-state index is 0.0996. The fraction of sp³-hybridized carbons (Fsp3) is 0.263. The quantitative estimate of drug-likeness (QED) is 0.684. The Balaban J connectivity index is 1.96. The number of benzene rings is 1. The van der Waals surface area contributed by atoms with Gasteiger partial charge in [0.15, 0.2) is 0 Å². The van der Waals surface area contributed by atoms with Crippen LogP contribution in [0, 0.1) is 18.3 Å². The fourth-order valence-corrected chi connectivity index (χ4v) is 2.88. The number of anilines is 1. The van der Waals surface area contributed by atoms with E-state index in [-0.39, 0.29) is 6.04 Å². The maximum atomic E-state index is 9.46. The van der Waals surface area contributed by atoms with Crippen molar-refractivity contribution in [1.29, 1.82) is 5.26 Å². The summed E-state index contributed by atoms with van der Waals surface area (Å²) in [7, 11) is 1.66. The van der Waals surface area contributed by atoms with E-state index < -0.39 is 0 Å². The summed E-state index contributed by atoms with van der Waals surface area (Å²) >= 11 is 6.03. The lowest BCUT2D eigenvalue weighted by atomic mass is 10.1. The van der Waals surface area contributed by atoms with Crippen LogP contribution >= 0.6 is 11.6 Å². The molecule has 0 aliphatic rings. The first-order valence-electron chi connectivity index (χ1n) is 7.93. The molecule has 0 saturated heterocycles. The van der Waals surface area contributed by atoms with E-state index in [0.29, 0.717) is 34.9 Å². The van der Waals surface area contributed by atoms with Crippen molar-refractivity contribution in [2.75, 3.05) is 19.0 Å². The van der Waals surface area contributed by atoms with Crippen LogP contribution in [0.2, 0.25) is 5.02 Å². The van der Waals surface area contributed by atoms with Gasteiger partial charge in [-0.25, -0.2) is 4.98 Å². The van der Waals surface area contributed by atoms with E-state index in [9.17, 15) is 5.26 Å². The number of methoxy groups -OCH3 is 1. The average Bonchev–Trinajstić information content (AvgIpc) is 3.04. The second-order valence-corrected chi connectivity index (χ2v) is 6.19. The zero-order valence-corrected chi connectivity index (χ0v) is 14.8. The maximum Gasteiger partial charge on any atom is 0.128 e.